The van der Waals surface area contributed by atoms with E-state index in [1.165, 1.54) is 6.42 Å². The maximum atomic E-state index is 12.8. The topological polar surface area (TPSA) is 53.0 Å². The van der Waals surface area contributed by atoms with Crippen molar-refractivity contribution in [2.45, 2.75) is 6.42 Å². The van der Waals surface area contributed by atoms with E-state index >= 15 is 0 Å². The minimum atomic E-state index is -0.181. The molecule has 5 heteroatoms. The minimum absolute atomic E-state index is 0.110. The third-order valence-electron chi connectivity index (χ3n) is 6.37. The van der Waals surface area contributed by atoms with E-state index in [0.717, 1.165) is 16.3 Å². The second kappa shape index (κ2) is 5.04. The first-order valence-electron chi connectivity index (χ1n) is 8.94. The molecule has 4 aliphatic carbocycles. The van der Waals surface area contributed by atoms with Gasteiger partial charge in [0.05, 0.1) is 18.1 Å². The highest BCUT2D eigenvalue weighted by Gasteiger charge is 2.67. The average molecular weight is 335 g/mol. The smallest absolute Gasteiger partial charge is 0.254 e. The summed E-state index contributed by atoms with van der Waals surface area (Å²) in [6, 6.07) is 7.87. The number of rotatable bonds is 3. The average Bonchev–Trinajstić information content (AvgIpc) is 3.39. The molecular weight excluding hydrogens is 314 g/mol. The van der Waals surface area contributed by atoms with Crippen LogP contribution in [-0.4, -0.2) is 37.1 Å². The van der Waals surface area contributed by atoms with Gasteiger partial charge in [0.2, 0.25) is 0 Å². The van der Waals surface area contributed by atoms with Crippen LogP contribution in [0.4, 0.5) is 5.69 Å². The molecule has 25 heavy (non-hydrogen) atoms. The molecule has 2 saturated carbocycles. The SMILES string of the molecule is CN(C)c1ccc(C=NN2C(=O)C3C4C=CC(C5CC45)C3C2=O)cc1. The summed E-state index contributed by atoms with van der Waals surface area (Å²) in [6.07, 6.45) is 7.15. The highest BCUT2D eigenvalue weighted by molar-refractivity contribution is 6.06. The molecule has 1 aromatic carbocycles. The normalized spacial score (nSPS) is 37.6. The highest BCUT2D eigenvalue weighted by atomic mass is 16.2. The predicted octanol–water partition coefficient (Wildman–Crippen LogP) is 2.14. The van der Waals surface area contributed by atoms with E-state index in [0.29, 0.717) is 11.8 Å². The van der Waals surface area contributed by atoms with E-state index in [4.69, 9.17) is 0 Å². The molecule has 1 saturated heterocycles. The molecule has 6 atom stereocenters. The lowest BCUT2D eigenvalue weighted by Gasteiger charge is -2.37. The summed E-state index contributed by atoms with van der Waals surface area (Å²) in [5.74, 6) is 1.15. The fourth-order valence-corrected chi connectivity index (χ4v) is 5.04. The fraction of sp³-hybridized carbons (Fsp3) is 0.450. The van der Waals surface area contributed by atoms with Crippen LogP contribution in [0.15, 0.2) is 41.5 Å². The van der Waals surface area contributed by atoms with Crippen molar-refractivity contribution in [1.29, 1.82) is 0 Å². The van der Waals surface area contributed by atoms with Gasteiger partial charge < -0.3 is 4.90 Å². The van der Waals surface area contributed by atoms with E-state index in [-0.39, 0.29) is 35.5 Å². The number of nitrogens with zero attached hydrogens (tertiary/aromatic N) is 3. The molecule has 2 bridgehead atoms. The van der Waals surface area contributed by atoms with E-state index < -0.39 is 0 Å². The number of amides is 2. The maximum absolute atomic E-state index is 12.8. The number of anilines is 1. The largest absolute Gasteiger partial charge is 0.378 e. The zero-order chi connectivity index (χ0) is 17.3. The molecule has 0 N–H and O–H groups in total. The maximum Gasteiger partial charge on any atom is 0.254 e. The second-order valence-corrected chi connectivity index (χ2v) is 7.87. The molecule has 1 aliphatic heterocycles. The molecule has 3 fully saturated rings. The molecule has 1 aromatic rings. The lowest BCUT2D eigenvalue weighted by molar-refractivity contribution is -0.140. The summed E-state index contributed by atoms with van der Waals surface area (Å²) in [5, 5.41) is 5.39. The lowest BCUT2D eigenvalue weighted by atomic mass is 9.63. The number of carbonyl (C=O) groups excluding carboxylic acids is 2. The van der Waals surface area contributed by atoms with Crippen LogP contribution in [0.3, 0.4) is 0 Å². The van der Waals surface area contributed by atoms with Crippen molar-refractivity contribution in [3.8, 4) is 0 Å². The number of hydrogen-bond donors (Lipinski definition) is 0. The Morgan fingerprint density at radius 1 is 1.00 bits per heavy atom. The van der Waals surface area contributed by atoms with Gasteiger partial charge in [-0.3, -0.25) is 9.59 Å². The van der Waals surface area contributed by atoms with Crippen LogP contribution >= 0.6 is 0 Å². The molecule has 5 nitrogen and oxygen atoms in total. The summed E-state index contributed by atoms with van der Waals surface area (Å²) < 4.78 is 0. The van der Waals surface area contributed by atoms with Gasteiger partial charge >= 0.3 is 0 Å². The van der Waals surface area contributed by atoms with E-state index in [2.05, 4.69) is 17.3 Å². The van der Waals surface area contributed by atoms with E-state index in [9.17, 15) is 9.59 Å². The molecule has 6 unspecified atom stereocenters. The molecule has 6 rings (SSSR count). The third kappa shape index (κ3) is 2.04. The van der Waals surface area contributed by atoms with Crippen LogP contribution in [0.2, 0.25) is 0 Å². The Morgan fingerprint density at radius 2 is 1.56 bits per heavy atom. The van der Waals surface area contributed by atoms with Gasteiger partial charge in [-0.15, -0.1) is 0 Å². The number of imide groups is 1. The summed E-state index contributed by atoms with van der Waals surface area (Å²) in [6.45, 7) is 0. The van der Waals surface area contributed by atoms with Gasteiger partial charge in [-0.05, 0) is 47.8 Å². The van der Waals surface area contributed by atoms with Crippen molar-refractivity contribution >= 4 is 23.7 Å². The van der Waals surface area contributed by atoms with E-state index in [1.807, 2.05) is 43.3 Å². The van der Waals surface area contributed by atoms with Crippen LogP contribution in [0, 0.1) is 35.5 Å². The first-order chi connectivity index (χ1) is 12.1. The Morgan fingerprint density at radius 3 is 2.08 bits per heavy atom. The van der Waals surface area contributed by atoms with Crippen molar-refractivity contribution in [3.63, 3.8) is 0 Å². The van der Waals surface area contributed by atoms with Crippen LogP contribution in [-0.2, 0) is 9.59 Å². The van der Waals surface area contributed by atoms with Crippen molar-refractivity contribution in [3.05, 3.63) is 42.0 Å². The van der Waals surface area contributed by atoms with Crippen molar-refractivity contribution in [2.24, 2.45) is 40.6 Å². The first-order valence-corrected chi connectivity index (χ1v) is 8.94. The van der Waals surface area contributed by atoms with Crippen LogP contribution < -0.4 is 4.90 Å². The Bertz CT molecular complexity index is 775. The third-order valence-corrected chi connectivity index (χ3v) is 6.37. The molecule has 0 radical (unpaired) electrons. The van der Waals surface area contributed by atoms with Crippen LogP contribution in [0.5, 0.6) is 0 Å². The predicted molar refractivity (Wildman–Crippen MR) is 94.9 cm³/mol. The van der Waals surface area contributed by atoms with Crippen molar-refractivity contribution < 1.29 is 9.59 Å². The fourth-order valence-electron chi connectivity index (χ4n) is 5.04. The molecule has 128 valence electrons. The molecule has 0 spiro atoms. The number of benzene rings is 1. The molecule has 1 heterocycles. The van der Waals surface area contributed by atoms with Gasteiger partial charge in [0.15, 0.2) is 0 Å². The monoisotopic (exact) mass is 335 g/mol. The summed E-state index contributed by atoms with van der Waals surface area (Å²) in [4.78, 5) is 27.7. The highest BCUT2D eigenvalue weighted by Crippen LogP contribution is 2.65. The van der Waals surface area contributed by atoms with Crippen LogP contribution in [0.25, 0.3) is 0 Å². The zero-order valence-electron chi connectivity index (χ0n) is 14.4. The quantitative estimate of drug-likeness (QED) is 0.483. The lowest BCUT2D eigenvalue weighted by Crippen LogP contribution is -2.40. The van der Waals surface area contributed by atoms with E-state index in [1.54, 1.807) is 6.21 Å². The Hall–Kier alpha value is -2.43. The molecular formula is C20H21N3O2. The number of hydrazone groups is 1. The van der Waals surface area contributed by atoms with Gasteiger partial charge in [0.25, 0.3) is 11.8 Å². The number of hydrogen-bond acceptors (Lipinski definition) is 4. The second-order valence-electron chi connectivity index (χ2n) is 7.87. The number of allylic oxidation sites excluding steroid dienone is 2. The Kier molecular flexibility index (Phi) is 3.00. The minimum Gasteiger partial charge on any atom is -0.378 e. The van der Waals surface area contributed by atoms with Gasteiger partial charge in [-0.1, -0.05) is 24.3 Å². The number of carbonyl (C=O) groups is 2. The molecule has 0 aromatic heterocycles. The van der Waals surface area contributed by atoms with Crippen LogP contribution in [0.1, 0.15) is 12.0 Å². The van der Waals surface area contributed by atoms with Gasteiger partial charge in [-0.2, -0.15) is 10.1 Å². The standard InChI is InChI=1S/C20H21N3O2/c1-22(2)12-5-3-11(4-6-12)10-21-23-19(24)17-13-7-8-14(16-9-15(13)16)18(17)20(23)25/h3-8,10,13-18H,9H2,1-2H3. The van der Waals surface area contributed by atoms with Crippen molar-refractivity contribution in [1.82, 2.24) is 5.01 Å². The van der Waals surface area contributed by atoms with Gasteiger partial charge in [0, 0.05) is 19.8 Å². The van der Waals surface area contributed by atoms with Gasteiger partial charge in [0.1, 0.15) is 0 Å². The first kappa shape index (κ1) is 14.9. The Balaban J connectivity index is 1.39. The van der Waals surface area contributed by atoms with Gasteiger partial charge in [-0.25, -0.2) is 0 Å². The molecule has 2 amide bonds. The zero-order valence-corrected chi connectivity index (χ0v) is 14.4. The summed E-state index contributed by atoms with van der Waals surface area (Å²) in [5.41, 5.74) is 1.98. The molecule has 5 aliphatic rings. The Labute approximate surface area is 147 Å². The van der Waals surface area contributed by atoms with Crippen molar-refractivity contribution in [2.75, 3.05) is 19.0 Å². The summed E-state index contributed by atoms with van der Waals surface area (Å²) in [7, 11) is 3.97. The summed E-state index contributed by atoms with van der Waals surface area (Å²) >= 11 is 0.